The monoisotopic (exact) mass is 320 g/mol. The zero-order valence-electron chi connectivity index (χ0n) is 15.0. The molecule has 1 aromatic rings. The fraction of sp³-hybridized carbons (Fsp3) is 0.684. The molecule has 2 rings (SSSR count). The van der Waals surface area contributed by atoms with Gasteiger partial charge in [0.05, 0.1) is 7.11 Å². The third kappa shape index (κ3) is 6.04. The van der Waals surface area contributed by atoms with Crippen LogP contribution in [0, 0.1) is 0 Å². The van der Waals surface area contributed by atoms with E-state index in [1.165, 1.54) is 37.9 Å². The number of likely N-dealkylation sites (tertiary alicyclic amines) is 1. The van der Waals surface area contributed by atoms with Crippen LogP contribution >= 0.6 is 0 Å². The molecule has 0 aromatic heterocycles. The summed E-state index contributed by atoms with van der Waals surface area (Å²) in [6.45, 7) is 5.26. The van der Waals surface area contributed by atoms with Crippen molar-refractivity contribution < 1.29 is 9.47 Å². The van der Waals surface area contributed by atoms with Gasteiger partial charge in [-0.25, -0.2) is 0 Å². The molecule has 0 bridgehead atoms. The predicted molar refractivity (Wildman–Crippen MR) is 95.7 cm³/mol. The summed E-state index contributed by atoms with van der Waals surface area (Å²) >= 11 is 0. The Hall–Kier alpha value is -1.26. The summed E-state index contributed by atoms with van der Waals surface area (Å²) in [6, 6.07) is 6.21. The third-order valence-electron chi connectivity index (χ3n) is 4.43. The summed E-state index contributed by atoms with van der Waals surface area (Å²) in [6.07, 6.45) is 6.17. The Kier molecular flexibility index (Phi) is 7.69. The number of hydrogen-bond donors (Lipinski definition) is 0. The van der Waals surface area contributed by atoms with Crippen LogP contribution in [0.25, 0.3) is 0 Å². The van der Waals surface area contributed by atoms with Gasteiger partial charge in [-0.2, -0.15) is 0 Å². The number of aryl methyl sites for hydroxylation is 1. The van der Waals surface area contributed by atoms with Crippen LogP contribution < -0.4 is 9.47 Å². The van der Waals surface area contributed by atoms with E-state index >= 15 is 0 Å². The van der Waals surface area contributed by atoms with E-state index in [4.69, 9.17) is 9.47 Å². The molecule has 1 aliphatic heterocycles. The van der Waals surface area contributed by atoms with E-state index < -0.39 is 0 Å². The molecule has 1 fully saturated rings. The van der Waals surface area contributed by atoms with Crippen LogP contribution in [0.4, 0.5) is 0 Å². The Labute approximate surface area is 141 Å². The molecular formula is C19H32N2O2. The van der Waals surface area contributed by atoms with Gasteiger partial charge in [0.2, 0.25) is 0 Å². The van der Waals surface area contributed by atoms with E-state index in [9.17, 15) is 0 Å². The molecule has 1 aromatic carbocycles. The lowest BCUT2D eigenvalue weighted by atomic mass is 10.1. The Bertz CT molecular complexity index is 457. The zero-order chi connectivity index (χ0) is 16.5. The molecule has 4 heteroatoms. The molecule has 130 valence electrons. The van der Waals surface area contributed by atoms with E-state index in [-0.39, 0.29) is 0 Å². The first-order chi connectivity index (χ1) is 11.2. The minimum atomic E-state index is 0.737. The summed E-state index contributed by atoms with van der Waals surface area (Å²) in [5.41, 5.74) is 1.25. The molecule has 1 aliphatic rings. The first kappa shape index (κ1) is 18.1. The van der Waals surface area contributed by atoms with Crippen LogP contribution in [0.2, 0.25) is 0 Å². The zero-order valence-corrected chi connectivity index (χ0v) is 15.0. The van der Waals surface area contributed by atoms with Crippen molar-refractivity contribution in [3.63, 3.8) is 0 Å². The molecular weight excluding hydrogens is 288 g/mol. The number of ether oxygens (including phenoxy) is 2. The topological polar surface area (TPSA) is 24.9 Å². The number of rotatable bonds is 9. The maximum Gasteiger partial charge on any atom is 0.164 e. The summed E-state index contributed by atoms with van der Waals surface area (Å²) in [5, 5.41) is 0. The molecule has 0 unspecified atom stereocenters. The molecule has 0 saturated carbocycles. The molecule has 1 heterocycles. The van der Waals surface area contributed by atoms with E-state index in [1.807, 2.05) is 6.07 Å². The quantitative estimate of drug-likeness (QED) is 0.698. The highest BCUT2D eigenvalue weighted by Crippen LogP contribution is 2.32. The maximum atomic E-state index is 6.14. The molecule has 23 heavy (non-hydrogen) atoms. The summed E-state index contributed by atoms with van der Waals surface area (Å²) in [4.78, 5) is 4.72. The lowest BCUT2D eigenvalue weighted by Gasteiger charge is -2.26. The average molecular weight is 320 g/mol. The number of benzene rings is 1. The minimum absolute atomic E-state index is 0.737. The SMILES string of the molecule is COc1cccc(CCCN(C)C)c1OCCN1CCCCC1. The van der Waals surface area contributed by atoms with Gasteiger partial charge in [0.1, 0.15) is 6.61 Å². The van der Waals surface area contributed by atoms with Gasteiger partial charge in [0, 0.05) is 6.54 Å². The number of methoxy groups -OCH3 is 1. The molecule has 0 atom stereocenters. The lowest BCUT2D eigenvalue weighted by Crippen LogP contribution is -2.33. The summed E-state index contributed by atoms with van der Waals surface area (Å²) in [5.74, 6) is 1.79. The van der Waals surface area contributed by atoms with Crippen molar-refractivity contribution in [2.75, 3.05) is 54.0 Å². The normalized spacial score (nSPS) is 15.8. The van der Waals surface area contributed by atoms with Crippen LogP contribution in [-0.2, 0) is 6.42 Å². The number of hydrogen-bond acceptors (Lipinski definition) is 4. The third-order valence-corrected chi connectivity index (χ3v) is 4.43. The van der Waals surface area contributed by atoms with E-state index in [0.717, 1.165) is 44.0 Å². The highest BCUT2D eigenvalue weighted by molar-refractivity contribution is 5.46. The van der Waals surface area contributed by atoms with Crippen LogP contribution in [0.15, 0.2) is 18.2 Å². The van der Waals surface area contributed by atoms with Crippen molar-refractivity contribution in [3.05, 3.63) is 23.8 Å². The Balaban J connectivity index is 1.91. The largest absolute Gasteiger partial charge is 0.493 e. The molecule has 1 saturated heterocycles. The smallest absolute Gasteiger partial charge is 0.164 e. The number of nitrogens with zero attached hydrogens (tertiary/aromatic N) is 2. The van der Waals surface area contributed by atoms with Crippen molar-refractivity contribution in [1.29, 1.82) is 0 Å². The first-order valence-corrected chi connectivity index (χ1v) is 8.86. The Morgan fingerprint density at radius 3 is 2.61 bits per heavy atom. The van der Waals surface area contributed by atoms with Crippen molar-refractivity contribution >= 4 is 0 Å². The molecule has 4 nitrogen and oxygen atoms in total. The van der Waals surface area contributed by atoms with Gasteiger partial charge >= 0.3 is 0 Å². The fourth-order valence-electron chi connectivity index (χ4n) is 3.13. The van der Waals surface area contributed by atoms with E-state index in [2.05, 4.69) is 36.0 Å². The second-order valence-corrected chi connectivity index (χ2v) is 6.61. The van der Waals surface area contributed by atoms with Gasteiger partial charge in [0.15, 0.2) is 11.5 Å². The lowest BCUT2D eigenvalue weighted by molar-refractivity contribution is 0.180. The highest BCUT2D eigenvalue weighted by Gasteiger charge is 2.13. The van der Waals surface area contributed by atoms with Gasteiger partial charge < -0.3 is 14.4 Å². The van der Waals surface area contributed by atoms with Crippen molar-refractivity contribution in [2.24, 2.45) is 0 Å². The van der Waals surface area contributed by atoms with Crippen molar-refractivity contribution in [2.45, 2.75) is 32.1 Å². The minimum Gasteiger partial charge on any atom is -0.493 e. The predicted octanol–water partition coefficient (Wildman–Crippen LogP) is 3.05. The van der Waals surface area contributed by atoms with Gasteiger partial charge in [-0.15, -0.1) is 0 Å². The Morgan fingerprint density at radius 2 is 1.91 bits per heavy atom. The van der Waals surface area contributed by atoms with E-state index in [0.29, 0.717) is 0 Å². The number of piperidine rings is 1. The molecule has 0 spiro atoms. The van der Waals surface area contributed by atoms with Gasteiger partial charge in [-0.05, 0) is 71.0 Å². The van der Waals surface area contributed by atoms with Crippen LogP contribution in [0.1, 0.15) is 31.2 Å². The second-order valence-electron chi connectivity index (χ2n) is 6.61. The van der Waals surface area contributed by atoms with E-state index in [1.54, 1.807) is 7.11 Å². The molecule has 0 radical (unpaired) electrons. The van der Waals surface area contributed by atoms with Crippen LogP contribution in [-0.4, -0.2) is 63.8 Å². The molecule has 0 amide bonds. The van der Waals surface area contributed by atoms with Gasteiger partial charge in [-0.3, -0.25) is 4.90 Å². The molecule has 0 N–H and O–H groups in total. The first-order valence-electron chi connectivity index (χ1n) is 8.86. The Morgan fingerprint density at radius 1 is 1.13 bits per heavy atom. The van der Waals surface area contributed by atoms with Crippen LogP contribution in [0.3, 0.4) is 0 Å². The van der Waals surface area contributed by atoms with Gasteiger partial charge in [0.25, 0.3) is 0 Å². The molecule has 0 aliphatic carbocycles. The maximum absolute atomic E-state index is 6.14. The average Bonchev–Trinajstić information content (AvgIpc) is 2.56. The second kappa shape index (κ2) is 9.78. The summed E-state index contributed by atoms with van der Waals surface area (Å²) in [7, 11) is 5.94. The van der Waals surface area contributed by atoms with Crippen molar-refractivity contribution in [1.82, 2.24) is 9.80 Å². The number of para-hydroxylation sites is 1. The standard InChI is InChI=1S/C19H32N2O2/c1-20(2)12-8-10-17-9-7-11-18(22-3)19(17)23-16-15-21-13-5-4-6-14-21/h7,9,11H,4-6,8,10,12-16H2,1-3H3. The van der Waals surface area contributed by atoms with Gasteiger partial charge in [-0.1, -0.05) is 18.6 Å². The van der Waals surface area contributed by atoms with Crippen molar-refractivity contribution in [3.8, 4) is 11.5 Å². The summed E-state index contributed by atoms with van der Waals surface area (Å²) < 4.78 is 11.6. The highest BCUT2D eigenvalue weighted by atomic mass is 16.5. The van der Waals surface area contributed by atoms with Crippen LogP contribution in [0.5, 0.6) is 11.5 Å². The fourth-order valence-corrected chi connectivity index (χ4v) is 3.13.